The summed E-state index contributed by atoms with van der Waals surface area (Å²) < 4.78 is 5.42. The number of nitrogens with one attached hydrogen (secondary N) is 1. The van der Waals surface area contributed by atoms with Crippen molar-refractivity contribution < 1.29 is 9.53 Å². The van der Waals surface area contributed by atoms with E-state index in [4.69, 9.17) is 4.74 Å². The van der Waals surface area contributed by atoms with Gasteiger partial charge in [-0.3, -0.25) is 9.78 Å². The minimum atomic E-state index is 0.159. The smallest absolute Gasteiger partial charge is 0.223 e. The molecule has 0 unspecified atom stereocenters. The van der Waals surface area contributed by atoms with Crippen LogP contribution in [0.5, 0.6) is 5.75 Å². The van der Waals surface area contributed by atoms with E-state index in [2.05, 4.69) is 29.1 Å². The van der Waals surface area contributed by atoms with Gasteiger partial charge in [0.1, 0.15) is 12.4 Å². The fourth-order valence-corrected chi connectivity index (χ4v) is 3.15. The van der Waals surface area contributed by atoms with Crippen LogP contribution in [0.2, 0.25) is 0 Å². The first-order chi connectivity index (χ1) is 11.8. The molecule has 1 fully saturated rings. The summed E-state index contributed by atoms with van der Waals surface area (Å²) >= 11 is 0. The number of rotatable bonds is 7. The van der Waals surface area contributed by atoms with Crippen LogP contribution in [0, 0.1) is 23.7 Å². The van der Waals surface area contributed by atoms with Crippen molar-refractivity contribution >= 4 is 5.91 Å². The zero-order valence-electron chi connectivity index (χ0n) is 14.6. The Bertz CT molecular complexity index is 540. The topological polar surface area (TPSA) is 51.2 Å². The molecule has 1 aliphatic carbocycles. The van der Waals surface area contributed by atoms with Crippen LogP contribution in [0.1, 0.15) is 51.9 Å². The maximum Gasteiger partial charge on any atom is 0.223 e. The van der Waals surface area contributed by atoms with Gasteiger partial charge in [-0.2, -0.15) is 0 Å². The number of nitrogens with zero attached hydrogens (tertiary/aromatic N) is 1. The highest BCUT2D eigenvalue weighted by Gasteiger charge is 2.25. The molecule has 24 heavy (non-hydrogen) atoms. The highest BCUT2D eigenvalue weighted by atomic mass is 16.5. The van der Waals surface area contributed by atoms with Crippen LogP contribution in [0.15, 0.2) is 24.5 Å². The Balaban J connectivity index is 1.58. The van der Waals surface area contributed by atoms with E-state index in [-0.39, 0.29) is 11.8 Å². The number of amides is 1. The Hall–Kier alpha value is -2.02. The molecule has 1 aliphatic rings. The number of ether oxygens (including phenoxy) is 1. The lowest BCUT2D eigenvalue weighted by Gasteiger charge is -2.27. The molecule has 1 N–H and O–H groups in total. The largest absolute Gasteiger partial charge is 0.479 e. The van der Waals surface area contributed by atoms with E-state index in [1.807, 2.05) is 12.1 Å². The Labute approximate surface area is 145 Å². The fourth-order valence-electron chi connectivity index (χ4n) is 3.15. The van der Waals surface area contributed by atoms with Crippen LogP contribution in [0.4, 0.5) is 0 Å². The maximum absolute atomic E-state index is 12.2. The average Bonchev–Trinajstić information content (AvgIpc) is 2.64. The molecule has 0 spiro atoms. The van der Waals surface area contributed by atoms with Crippen LogP contribution < -0.4 is 10.1 Å². The van der Waals surface area contributed by atoms with Crippen molar-refractivity contribution in [1.29, 1.82) is 0 Å². The minimum absolute atomic E-state index is 0.159. The average molecular weight is 328 g/mol. The summed E-state index contributed by atoms with van der Waals surface area (Å²) in [6.45, 7) is 2.94. The molecule has 4 heteroatoms. The van der Waals surface area contributed by atoms with Crippen LogP contribution in [0.25, 0.3) is 0 Å². The zero-order valence-corrected chi connectivity index (χ0v) is 14.6. The third kappa shape index (κ3) is 6.62. The van der Waals surface area contributed by atoms with Gasteiger partial charge in [-0.25, -0.2) is 0 Å². The minimum Gasteiger partial charge on any atom is -0.479 e. The molecular formula is C20H28N2O2. The van der Waals surface area contributed by atoms with Crippen molar-refractivity contribution in [2.75, 3.05) is 13.2 Å². The summed E-state index contributed by atoms with van der Waals surface area (Å²) in [7, 11) is 0. The molecule has 1 saturated carbocycles. The van der Waals surface area contributed by atoms with Crippen molar-refractivity contribution in [2.45, 2.75) is 51.9 Å². The lowest BCUT2D eigenvalue weighted by molar-refractivity contribution is -0.125. The van der Waals surface area contributed by atoms with Gasteiger partial charge in [0.25, 0.3) is 0 Å². The van der Waals surface area contributed by atoms with E-state index in [1.54, 1.807) is 12.4 Å². The van der Waals surface area contributed by atoms with Gasteiger partial charge in [0.15, 0.2) is 0 Å². The fraction of sp³-hybridized carbons (Fsp3) is 0.600. The molecule has 0 aliphatic heterocycles. The molecule has 1 amide bonds. The molecule has 1 heterocycles. The monoisotopic (exact) mass is 328 g/mol. The molecule has 0 atom stereocenters. The Kier molecular flexibility index (Phi) is 8.17. The highest BCUT2D eigenvalue weighted by molar-refractivity contribution is 5.78. The van der Waals surface area contributed by atoms with Gasteiger partial charge in [-0.1, -0.05) is 38.0 Å². The lowest BCUT2D eigenvalue weighted by atomic mass is 9.79. The van der Waals surface area contributed by atoms with Gasteiger partial charge in [0.2, 0.25) is 5.91 Å². The molecule has 130 valence electrons. The van der Waals surface area contributed by atoms with E-state index in [9.17, 15) is 4.79 Å². The number of carbonyl (C=O) groups excluding carboxylic acids is 1. The molecule has 0 bridgehead atoms. The third-order valence-electron chi connectivity index (χ3n) is 4.60. The molecular weight excluding hydrogens is 300 g/mol. The van der Waals surface area contributed by atoms with E-state index in [0.717, 1.165) is 18.8 Å². The van der Waals surface area contributed by atoms with E-state index in [0.29, 0.717) is 18.9 Å². The molecule has 1 aromatic rings. The van der Waals surface area contributed by atoms with Crippen LogP contribution in [-0.4, -0.2) is 24.0 Å². The molecule has 4 nitrogen and oxygen atoms in total. The molecule has 0 saturated heterocycles. The normalized spacial score (nSPS) is 19.9. The predicted octanol–water partition coefficient (Wildman–Crippen LogP) is 3.58. The van der Waals surface area contributed by atoms with Gasteiger partial charge in [-0.05, 0) is 43.7 Å². The van der Waals surface area contributed by atoms with Gasteiger partial charge in [-0.15, -0.1) is 0 Å². The predicted molar refractivity (Wildman–Crippen MR) is 95.5 cm³/mol. The van der Waals surface area contributed by atoms with Crippen LogP contribution in [0.3, 0.4) is 0 Å². The second-order valence-corrected chi connectivity index (χ2v) is 6.41. The standard InChI is InChI=1S/C20H28N2O2/c1-2-3-7-17-9-11-18(12-10-17)20(23)22-14-4-5-15-24-19-8-6-13-21-16-19/h6,8,13,16-18H,2-3,7,9-12,14-15H2,1H3,(H,22,23). The number of aromatic nitrogens is 1. The summed E-state index contributed by atoms with van der Waals surface area (Å²) in [4.78, 5) is 16.1. The summed E-state index contributed by atoms with van der Waals surface area (Å²) in [6.07, 6.45) is 11.7. The van der Waals surface area contributed by atoms with Gasteiger partial charge in [0.05, 0.1) is 12.7 Å². The van der Waals surface area contributed by atoms with Gasteiger partial charge >= 0.3 is 0 Å². The van der Waals surface area contributed by atoms with Crippen molar-refractivity contribution in [2.24, 2.45) is 11.8 Å². The summed E-state index contributed by atoms with van der Waals surface area (Å²) in [5.41, 5.74) is 0. The van der Waals surface area contributed by atoms with Crippen LogP contribution in [-0.2, 0) is 4.79 Å². The molecule has 1 aromatic heterocycles. The van der Waals surface area contributed by atoms with Crippen molar-refractivity contribution in [1.82, 2.24) is 10.3 Å². The quantitative estimate of drug-likeness (QED) is 0.778. The SMILES string of the molecule is CCCCC1CCC(C(=O)NCC#CCOc2cccnc2)CC1. The number of hydrogen-bond donors (Lipinski definition) is 1. The number of carbonyl (C=O) groups is 1. The first kappa shape index (κ1) is 18.3. The Morgan fingerprint density at radius 2 is 2.17 bits per heavy atom. The van der Waals surface area contributed by atoms with E-state index >= 15 is 0 Å². The molecule has 0 aromatic carbocycles. The first-order valence-electron chi connectivity index (χ1n) is 9.06. The second-order valence-electron chi connectivity index (χ2n) is 6.41. The first-order valence-corrected chi connectivity index (χ1v) is 9.06. The molecule has 0 radical (unpaired) electrons. The second kappa shape index (κ2) is 10.7. The van der Waals surface area contributed by atoms with Crippen molar-refractivity contribution in [3.05, 3.63) is 24.5 Å². The maximum atomic E-state index is 12.2. The lowest BCUT2D eigenvalue weighted by Crippen LogP contribution is -2.33. The van der Waals surface area contributed by atoms with E-state index in [1.165, 1.54) is 32.1 Å². The Morgan fingerprint density at radius 1 is 1.33 bits per heavy atom. The van der Waals surface area contributed by atoms with Gasteiger partial charge < -0.3 is 10.1 Å². The highest BCUT2D eigenvalue weighted by Crippen LogP contribution is 2.31. The van der Waals surface area contributed by atoms with E-state index < -0.39 is 0 Å². The van der Waals surface area contributed by atoms with Crippen molar-refractivity contribution in [3.8, 4) is 17.6 Å². The number of hydrogen-bond acceptors (Lipinski definition) is 3. The van der Waals surface area contributed by atoms with Crippen molar-refractivity contribution in [3.63, 3.8) is 0 Å². The Morgan fingerprint density at radius 3 is 2.88 bits per heavy atom. The number of pyridine rings is 1. The van der Waals surface area contributed by atoms with Gasteiger partial charge in [0, 0.05) is 12.1 Å². The summed E-state index contributed by atoms with van der Waals surface area (Å²) in [5.74, 6) is 7.71. The summed E-state index contributed by atoms with van der Waals surface area (Å²) in [5, 5.41) is 2.93. The third-order valence-corrected chi connectivity index (χ3v) is 4.60. The molecule has 2 rings (SSSR count). The number of unbranched alkanes of at least 4 members (excludes halogenated alkanes) is 1. The summed E-state index contributed by atoms with van der Waals surface area (Å²) in [6, 6.07) is 3.66. The zero-order chi connectivity index (χ0) is 17.0. The van der Waals surface area contributed by atoms with Crippen LogP contribution >= 0.6 is 0 Å².